The van der Waals surface area contributed by atoms with E-state index in [-0.39, 0.29) is 23.0 Å². The van der Waals surface area contributed by atoms with Gasteiger partial charge in [0.1, 0.15) is 5.82 Å². The Labute approximate surface area is 228 Å². The molecule has 4 nitrogen and oxygen atoms in total. The largest absolute Gasteiger partial charge is 0.352 e. The van der Waals surface area contributed by atoms with Gasteiger partial charge in [0.2, 0.25) is 11.8 Å². The van der Waals surface area contributed by atoms with E-state index in [0.29, 0.717) is 19.4 Å². The normalized spacial score (nSPS) is 14.9. The maximum atomic E-state index is 12.9. The van der Waals surface area contributed by atoms with Gasteiger partial charge in [-0.05, 0) is 66.4 Å². The first-order valence-electron chi connectivity index (χ1n) is 13.6. The summed E-state index contributed by atoms with van der Waals surface area (Å²) in [5.74, 6) is -0.0323. The molecule has 0 unspecified atom stereocenters. The van der Waals surface area contributed by atoms with Gasteiger partial charge in [0.25, 0.3) is 0 Å². The lowest BCUT2D eigenvalue weighted by Gasteiger charge is -2.40. The number of amides is 2. The van der Waals surface area contributed by atoms with Crippen molar-refractivity contribution in [1.29, 1.82) is 0 Å². The van der Waals surface area contributed by atoms with E-state index in [1.165, 1.54) is 24.6 Å². The summed E-state index contributed by atoms with van der Waals surface area (Å²) in [6, 6.07) is 17.0. The average Bonchev–Trinajstić information content (AvgIpc) is 2.93. The Hall–Kier alpha value is -3.47. The van der Waals surface area contributed by atoms with Crippen molar-refractivity contribution >= 4 is 11.8 Å². The van der Waals surface area contributed by atoms with Crippen LogP contribution in [0.3, 0.4) is 0 Å². The van der Waals surface area contributed by atoms with Crippen molar-refractivity contribution in [2.75, 3.05) is 19.6 Å². The van der Waals surface area contributed by atoms with Crippen LogP contribution < -0.4 is 5.32 Å². The number of halogens is 1. The van der Waals surface area contributed by atoms with E-state index in [9.17, 15) is 14.0 Å². The third-order valence-electron chi connectivity index (χ3n) is 6.89. The van der Waals surface area contributed by atoms with Gasteiger partial charge in [-0.25, -0.2) is 4.39 Å². The number of nitrogens with one attached hydrogen (secondary N) is 1. The smallest absolute Gasteiger partial charge is 0.222 e. The molecule has 0 aromatic heterocycles. The molecule has 1 fully saturated rings. The summed E-state index contributed by atoms with van der Waals surface area (Å²) in [4.78, 5) is 25.1. The number of hydrogen-bond acceptors (Lipinski definition) is 2. The third-order valence-corrected chi connectivity index (χ3v) is 6.89. The van der Waals surface area contributed by atoms with Crippen molar-refractivity contribution in [2.24, 2.45) is 0 Å². The van der Waals surface area contributed by atoms with Gasteiger partial charge < -0.3 is 10.2 Å². The quantitative estimate of drug-likeness (QED) is 0.274. The van der Waals surface area contributed by atoms with Crippen LogP contribution >= 0.6 is 0 Å². The van der Waals surface area contributed by atoms with Gasteiger partial charge in [0.05, 0.1) is 0 Å². The van der Waals surface area contributed by atoms with Gasteiger partial charge in [0.15, 0.2) is 0 Å². The molecule has 1 aliphatic heterocycles. The van der Waals surface area contributed by atoms with Gasteiger partial charge in [-0.1, -0.05) is 80.6 Å². The van der Waals surface area contributed by atoms with Crippen LogP contribution in [0.1, 0.15) is 64.0 Å². The number of hydrogen-bond donors (Lipinski definition) is 1. The fourth-order valence-corrected chi connectivity index (χ4v) is 4.37. The number of rotatable bonds is 10. The van der Waals surface area contributed by atoms with Crippen LogP contribution in [0.2, 0.25) is 0 Å². The highest BCUT2D eigenvalue weighted by atomic mass is 19.1. The number of likely N-dealkylation sites (tertiary alicyclic amines) is 1. The Kier molecular flexibility index (Phi) is 13.3. The summed E-state index contributed by atoms with van der Waals surface area (Å²) in [5, 5.41) is 2.77. The summed E-state index contributed by atoms with van der Waals surface area (Å²) < 4.78 is 12.9. The summed E-state index contributed by atoms with van der Waals surface area (Å²) in [7, 11) is 0. The molecule has 5 heteroatoms. The van der Waals surface area contributed by atoms with E-state index in [4.69, 9.17) is 0 Å². The predicted octanol–water partition coefficient (Wildman–Crippen LogP) is 6.93. The summed E-state index contributed by atoms with van der Waals surface area (Å²) in [6.45, 7) is 11.8. The molecule has 2 aromatic carbocycles. The Balaban J connectivity index is 0.000000312. The van der Waals surface area contributed by atoms with E-state index >= 15 is 0 Å². The Morgan fingerprint density at radius 1 is 1.08 bits per heavy atom. The van der Waals surface area contributed by atoms with Gasteiger partial charge >= 0.3 is 0 Å². The molecule has 38 heavy (non-hydrogen) atoms. The highest BCUT2D eigenvalue weighted by Crippen LogP contribution is 2.35. The molecule has 2 aromatic rings. The highest BCUT2D eigenvalue weighted by Gasteiger charge is 2.32. The van der Waals surface area contributed by atoms with E-state index in [2.05, 4.69) is 62.2 Å². The molecule has 1 heterocycles. The Morgan fingerprint density at radius 3 is 2.32 bits per heavy atom. The minimum Gasteiger partial charge on any atom is -0.352 e. The Bertz CT molecular complexity index is 1070. The fourth-order valence-electron chi connectivity index (χ4n) is 4.37. The van der Waals surface area contributed by atoms with Gasteiger partial charge in [0, 0.05) is 33.0 Å². The second-order valence-corrected chi connectivity index (χ2v) is 9.96. The molecular weight excluding hydrogens is 475 g/mol. The molecule has 0 atom stereocenters. The first-order chi connectivity index (χ1) is 18.3. The number of carbonyl (C=O) groups is 2. The second-order valence-electron chi connectivity index (χ2n) is 9.96. The number of benzene rings is 2. The zero-order valence-electron chi connectivity index (χ0n) is 23.2. The van der Waals surface area contributed by atoms with E-state index in [0.717, 1.165) is 49.9 Å². The molecule has 0 spiro atoms. The molecule has 204 valence electrons. The van der Waals surface area contributed by atoms with Crippen molar-refractivity contribution in [2.45, 2.75) is 64.7 Å². The number of aryl methyl sites for hydroxylation is 1. The minimum absolute atomic E-state index is 0.000554. The summed E-state index contributed by atoms with van der Waals surface area (Å²) >= 11 is 0. The predicted molar refractivity (Wildman–Crippen MR) is 155 cm³/mol. The van der Waals surface area contributed by atoms with E-state index < -0.39 is 0 Å². The summed E-state index contributed by atoms with van der Waals surface area (Å²) in [6.07, 6.45) is 13.0. The topological polar surface area (TPSA) is 49.4 Å². The van der Waals surface area contributed by atoms with Gasteiger partial charge in [-0.15, -0.1) is 6.58 Å². The molecule has 0 aliphatic carbocycles. The van der Waals surface area contributed by atoms with E-state index in [1.807, 2.05) is 23.1 Å². The molecule has 3 rings (SSSR count). The zero-order valence-corrected chi connectivity index (χ0v) is 23.2. The van der Waals surface area contributed by atoms with E-state index in [1.54, 1.807) is 12.1 Å². The molecule has 0 bridgehead atoms. The van der Waals surface area contributed by atoms with Crippen LogP contribution in [0.5, 0.6) is 0 Å². The van der Waals surface area contributed by atoms with Crippen molar-refractivity contribution in [3.8, 4) is 0 Å². The fraction of sp³-hybridized carbons (Fsp3) is 0.394. The van der Waals surface area contributed by atoms with Crippen LogP contribution in [-0.4, -0.2) is 36.3 Å². The molecule has 1 aliphatic rings. The van der Waals surface area contributed by atoms with Crippen LogP contribution in [-0.2, 0) is 21.4 Å². The lowest BCUT2D eigenvalue weighted by molar-refractivity contribution is -0.132. The number of nitrogens with zero attached hydrogens (tertiary/aromatic N) is 1. The maximum Gasteiger partial charge on any atom is 0.222 e. The Morgan fingerprint density at radius 2 is 1.74 bits per heavy atom. The molecule has 1 saturated heterocycles. The lowest BCUT2D eigenvalue weighted by atomic mass is 9.74. The molecular formula is C33H43FN2O2. The standard InChI is InChI=1S/C21H24FNO.C12H19NO/c1-21(18-5-3-2-4-6-18)13-15-23(16-14-21)20(24)12-9-17-7-10-19(22)11-8-17;1-4-6-8-12(9-7-5-2)10-13-11(3)14/h2-8,10-11H,9,12-16H2,1H3;4,7-9H,1,5-6,10H2,2-3H3,(H,13,14)/b;9-7-,12-8+. The first-order valence-corrected chi connectivity index (χ1v) is 13.6. The lowest BCUT2D eigenvalue weighted by Crippen LogP contribution is -2.44. The van der Waals surface area contributed by atoms with Crippen molar-refractivity contribution in [1.82, 2.24) is 10.2 Å². The van der Waals surface area contributed by atoms with Crippen LogP contribution in [0, 0.1) is 5.82 Å². The number of allylic oxidation sites excluding steroid dienone is 3. The maximum absolute atomic E-state index is 12.9. The van der Waals surface area contributed by atoms with Crippen LogP contribution in [0.25, 0.3) is 0 Å². The molecule has 0 saturated carbocycles. The zero-order chi connectivity index (χ0) is 27.8. The van der Waals surface area contributed by atoms with Crippen LogP contribution in [0.4, 0.5) is 4.39 Å². The summed E-state index contributed by atoms with van der Waals surface area (Å²) in [5.41, 5.74) is 3.66. The van der Waals surface area contributed by atoms with Crippen molar-refractivity contribution in [3.05, 3.63) is 108 Å². The second kappa shape index (κ2) is 16.4. The molecule has 1 N–H and O–H groups in total. The number of piperidine rings is 1. The molecule has 2 amide bonds. The highest BCUT2D eigenvalue weighted by molar-refractivity contribution is 5.76. The molecule has 0 radical (unpaired) electrons. The van der Waals surface area contributed by atoms with Crippen molar-refractivity contribution in [3.63, 3.8) is 0 Å². The number of carbonyl (C=O) groups excluding carboxylic acids is 2. The third kappa shape index (κ3) is 10.9. The van der Waals surface area contributed by atoms with Crippen molar-refractivity contribution < 1.29 is 14.0 Å². The monoisotopic (exact) mass is 518 g/mol. The minimum atomic E-state index is -0.235. The first kappa shape index (κ1) is 30.8. The van der Waals surface area contributed by atoms with Crippen LogP contribution in [0.15, 0.2) is 91.1 Å². The van der Waals surface area contributed by atoms with Gasteiger partial charge in [-0.3, -0.25) is 9.59 Å². The average molecular weight is 519 g/mol. The SMILES string of the molecule is C=CC/C=C(\C=C/CC)CNC(C)=O.CC1(c2ccccc2)CCN(C(=O)CCc2ccc(F)cc2)CC1. The van der Waals surface area contributed by atoms with Gasteiger partial charge in [-0.2, -0.15) is 0 Å².